The Balaban J connectivity index is 2.32. The first-order valence-corrected chi connectivity index (χ1v) is 7.25. The molecule has 0 aromatic carbocycles. The second kappa shape index (κ2) is 4.19. The first kappa shape index (κ1) is 14.3. The van der Waals surface area contributed by atoms with E-state index in [4.69, 9.17) is 0 Å². The van der Waals surface area contributed by atoms with Crippen LogP contribution in [-0.4, -0.2) is 32.6 Å². The molecule has 18 heavy (non-hydrogen) atoms. The normalized spacial score (nSPS) is 53.3. The molecule has 2 aliphatic rings. The van der Waals surface area contributed by atoms with Gasteiger partial charge in [-0.3, -0.25) is 0 Å². The van der Waals surface area contributed by atoms with E-state index >= 15 is 0 Å². The Morgan fingerprint density at radius 1 is 1.06 bits per heavy atom. The standard InChI is InChI=1S/C15H28O3/c1-10(2)15(18)8-7-13(3)11(9-15)14(4,17)6-5-12(13)16/h10-12,16-18H,5-9H2,1-4H3/t11-,12+,13+,14-,15+/m0/s1. The number of hydrogen-bond donors (Lipinski definition) is 3. The second-order valence-electron chi connectivity index (χ2n) is 7.43. The first-order valence-electron chi connectivity index (χ1n) is 7.25. The van der Waals surface area contributed by atoms with E-state index in [1.807, 2.05) is 20.8 Å². The molecule has 0 amide bonds. The molecule has 2 fully saturated rings. The lowest BCUT2D eigenvalue weighted by atomic mass is 9.50. The lowest BCUT2D eigenvalue weighted by Gasteiger charge is -2.58. The molecule has 3 heteroatoms. The Kier molecular flexibility index (Phi) is 3.33. The van der Waals surface area contributed by atoms with Crippen molar-refractivity contribution in [3.63, 3.8) is 0 Å². The highest BCUT2D eigenvalue weighted by molar-refractivity contribution is 5.08. The van der Waals surface area contributed by atoms with Crippen molar-refractivity contribution in [2.75, 3.05) is 0 Å². The van der Waals surface area contributed by atoms with Crippen LogP contribution in [0.1, 0.15) is 59.8 Å². The topological polar surface area (TPSA) is 60.7 Å². The molecule has 106 valence electrons. The first-order chi connectivity index (χ1) is 8.12. The predicted octanol–water partition coefficient (Wildman–Crippen LogP) is 2.09. The van der Waals surface area contributed by atoms with Crippen molar-refractivity contribution in [3.8, 4) is 0 Å². The second-order valence-corrected chi connectivity index (χ2v) is 7.43. The molecular weight excluding hydrogens is 228 g/mol. The molecule has 0 aliphatic heterocycles. The fourth-order valence-electron chi connectivity index (χ4n) is 4.14. The summed E-state index contributed by atoms with van der Waals surface area (Å²) in [7, 11) is 0. The maximum atomic E-state index is 10.7. The molecule has 2 rings (SSSR count). The summed E-state index contributed by atoms with van der Waals surface area (Å²) >= 11 is 0. The van der Waals surface area contributed by atoms with Gasteiger partial charge in [-0.2, -0.15) is 0 Å². The van der Waals surface area contributed by atoms with Crippen LogP contribution in [0.15, 0.2) is 0 Å². The minimum Gasteiger partial charge on any atom is -0.393 e. The van der Waals surface area contributed by atoms with E-state index in [-0.39, 0.29) is 23.4 Å². The van der Waals surface area contributed by atoms with Crippen LogP contribution < -0.4 is 0 Å². The van der Waals surface area contributed by atoms with Gasteiger partial charge in [-0.25, -0.2) is 0 Å². The van der Waals surface area contributed by atoms with Gasteiger partial charge in [-0.1, -0.05) is 20.8 Å². The van der Waals surface area contributed by atoms with Gasteiger partial charge in [-0.15, -0.1) is 0 Å². The van der Waals surface area contributed by atoms with E-state index < -0.39 is 11.2 Å². The van der Waals surface area contributed by atoms with E-state index in [0.717, 1.165) is 12.8 Å². The van der Waals surface area contributed by atoms with Crippen molar-refractivity contribution in [2.24, 2.45) is 17.3 Å². The van der Waals surface area contributed by atoms with E-state index in [1.165, 1.54) is 0 Å². The number of rotatable bonds is 1. The number of aliphatic hydroxyl groups is 3. The highest BCUT2D eigenvalue weighted by atomic mass is 16.3. The van der Waals surface area contributed by atoms with Gasteiger partial charge >= 0.3 is 0 Å². The summed E-state index contributed by atoms with van der Waals surface area (Å²) in [6, 6.07) is 0. The number of hydrogen-bond acceptors (Lipinski definition) is 3. The molecule has 0 aromatic rings. The van der Waals surface area contributed by atoms with E-state index in [9.17, 15) is 15.3 Å². The van der Waals surface area contributed by atoms with Gasteiger partial charge in [0.1, 0.15) is 0 Å². The zero-order valence-electron chi connectivity index (χ0n) is 12.1. The Hall–Kier alpha value is -0.120. The van der Waals surface area contributed by atoms with Gasteiger partial charge in [0.15, 0.2) is 0 Å². The maximum Gasteiger partial charge on any atom is 0.0674 e. The summed E-state index contributed by atoms with van der Waals surface area (Å²) < 4.78 is 0. The van der Waals surface area contributed by atoms with Crippen LogP contribution in [0.3, 0.4) is 0 Å². The summed E-state index contributed by atoms with van der Waals surface area (Å²) in [5.41, 5.74) is -1.70. The van der Waals surface area contributed by atoms with Crippen LogP contribution in [0, 0.1) is 17.3 Å². The summed E-state index contributed by atoms with van der Waals surface area (Å²) in [4.78, 5) is 0. The Morgan fingerprint density at radius 2 is 1.67 bits per heavy atom. The minimum absolute atomic E-state index is 0.0186. The highest BCUT2D eigenvalue weighted by Crippen LogP contribution is 2.57. The third-order valence-corrected chi connectivity index (χ3v) is 5.96. The largest absolute Gasteiger partial charge is 0.393 e. The van der Waals surface area contributed by atoms with E-state index in [0.29, 0.717) is 19.3 Å². The van der Waals surface area contributed by atoms with Crippen LogP contribution in [-0.2, 0) is 0 Å². The molecule has 0 saturated heterocycles. The molecule has 0 unspecified atom stereocenters. The van der Waals surface area contributed by atoms with E-state index in [1.54, 1.807) is 0 Å². The van der Waals surface area contributed by atoms with Crippen molar-refractivity contribution in [1.29, 1.82) is 0 Å². The van der Waals surface area contributed by atoms with Crippen LogP contribution in [0.25, 0.3) is 0 Å². The van der Waals surface area contributed by atoms with Gasteiger partial charge < -0.3 is 15.3 Å². The molecule has 3 N–H and O–H groups in total. The smallest absolute Gasteiger partial charge is 0.0674 e. The lowest BCUT2D eigenvalue weighted by molar-refractivity contribution is -0.208. The highest BCUT2D eigenvalue weighted by Gasteiger charge is 2.58. The van der Waals surface area contributed by atoms with Gasteiger partial charge in [0, 0.05) is 0 Å². The average Bonchev–Trinajstić information content (AvgIpc) is 2.27. The van der Waals surface area contributed by atoms with Gasteiger partial charge in [0.05, 0.1) is 17.3 Å². The third-order valence-electron chi connectivity index (χ3n) is 5.96. The molecule has 3 nitrogen and oxygen atoms in total. The summed E-state index contributed by atoms with van der Waals surface area (Å²) in [5.74, 6) is 0.173. The molecule has 0 heterocycles. The molecule has 5 atom stereocenters. The fraction of sp³-hybridized carbons (Fsp3) is 1.00. The van der Waals surface area contributed by atoms with Crippen molar-refractivity contribution >= 4 is 0 Å². The lowest BCUT2D eigenvalue weighted by Crippen LogP contribution is -2.61. The van der Waals surface area contributed by atoms with Crippen LogP contribution in [0.2, 0.25) is 0 Å². The van der Waals surface area contributed by atoms with Crippen molar-refractivity contribution in [3.05, 3.63) is 0 Å². The summed E-state index contributed by atoms with van der Waals surface area (Å²) in [6.45, 7) is 8.02. The molecular formula is C15H28O3. The molecule has 2 aliphatic carbocycles. The van der Waals surface area contributed by atoms with Gasteiger partial charge in [0.2, 0.25) is 0 Å². The molecule has 2 saturated carbocycles. The zero-order chi connectivity index (χ0) is 13.8. The minimum atomic E-state index is -0.767. The molecule has 0 aromatic heterocycles. The monoisotopic (exact) mass is 256 g/mol. The number of fused-ring (bicyclic) bond motifs is 1. The number of aliphatic hydroxyl groups excluding tert-OH is 1. The predicted molar refractivity (Wildman–Crippen MR) is 71.1 cm³/mol. The molecule has 0 radical (unpaired) electrons. The Labute approximate surface area is 110 Å². The SMILES string of the molecule is CC(C)[C@@]1(O)CC[C@@]2(C)[C@H](O)CC[C@](C)(O)[C@H]2C1. The van der Waals surface area contributed by atoms with E-state index in [2.05, 4.69) is 6.92 Å². The third kappa shape index (κ3) is 2.00. The summed E-state index contributed by atoms with van der Waals surface area (Å²) in [5, 5.41) is 31.7. The summed E-state index contributed by atoms with van der Waals surface area (Å²) in [6.07, 6.45) is 3.07. The van der Waals surface area contributed by atoms with Crippen LogP contribution in [0.4, 0.5) is 0 Å². The van der Waals surface area contributed by atoms with Crippen LogP contribution >= 0.6 is 0 Å². The molecule has 0 spiro atoms. The van der Waals surface area contributed by atoms with Crippen molar-refractivity contribution in [2.45, 2.75) is 77.1 Å². The molecule has 0 bridgehead atoms. The van der Waals surface area contributed by atoms with Gasteiger partial charge in [0.25, 0.3) is 0 Å². The van der Waals surface area contributed by atoms with Gasteiger partial charge in [-0.05, 0) is 56.3 Å². The zero-order valence-corrected chi connectivity index (χ0v) is 12.1. The quantitative estimate of drug-likeness (QED) is 0.673. The van der Waals surface area contributed by atoms with Crippen LogP contribution in [0.5, 0.6) is 0 Å². The fourth-order valence-corrected chi connectivity index (χ4v) is 4.14. The Morgan fingerprint density at radius 3 is 2.22 bits per heavy atom. The Bertz CT molecular complexity index is 326. The van der Waals surface area contributed by atoms with Crippen molar-refractivity contribution < 1.29 is 15.3 Å². The maximum absolute atomic E-state index is 10.7. The average molecular weight is 256 g/mol. The van der Waals surface area contributed by atoms with Crippen molar-refractivity contribution in [1.82, 2.24) is 0 Å².